The van der Waals surface area contributed by atoms with Crippen LogP contribution in [-0.4, -0.2) is 13.6 Å². The third-order valence-corrected chi connectivity index (χ3v) is 3.93. The zero-order chi connectivity index (χ0) is 12.1. The molecule has 1 nitrogen and oxygen atoms in total. The molecule has 17 heavy (non-hydrogen) atoms. The molecule has 0 spiro atoms. The van der Waals surface area contributed by atoms with Crippen molar-refractivity contribution in [3.05, 3.63) is 35.6 Å². The summed E-state index contributed by atoms with van der Waals surface area (Å²) in [6.07, 6.45) is 6.18. The SMILES string of the molecule is CNCC1CCCCCC1c1ccccc1F. The summed E-state index contributed by atoms with van der Waals surface area (Å²) in [6, 6.07) is 7.30. The molecule has 1 aromatic rings. The van der Waals surface area contributed by atoms with Crippen LogP contribution in [0.5, 0.6) is 0 Å². The highest BCUT2D eigenvalue weighted by Gasteiger charge is 2.26. The number of hydrogen-bond donors (Lipinski definition) is 1. The van der Waals surface area contributed by atoms with E-state index < -0.39 is 0 Å². The summed E-state index contributed by atoms with van der Waals surface area (Å²) in [5.74, 6) is 0.950. The topological polar surface area (TPSA) is 12.0 Å². The van der Waals surface area contributed by atoms with Gasteiger partial charge in [-0.2, -0.15) is 0 Å². The first-order valence-corrected chi connectivity index (χ1v) is 6.72. The van der Waals surface area contributed by atoms with Gasteiger partial charge in [0.15, 0.2) is 0 Å². The van der Waals surface area contributed by atoms with Crippen LogP contribution >= 0.6 is 0 Å². The van der Waals surface area contributed by atoms with E-state index in [4.69, 9.17) is 0 Å². The summed E-state index contributed by atoms with van der Waals surface area (Å²) in [6.45, 7) is 0.999. The molecule has 2 heteroatoms. The highest BCUT2D eigenvalue weighted by atomic mass is 19.1. The molecule has 0 saturated heterocycles. The summed E-state index contributed by atoms with van der Waals surface area (Å²) >= 11 is 0. The molecule has 1 saturated carbocycles. The maximum atomic E-state index is 13.9. The second-order valence-corrected chi connectivity index (χ2v) is 5.08. The molecule has 0 amide bonds. The number of rotatable bonds is 3. The Labute approximate surface area is 103 Å². The average Bonchev–Trinajstić information content (AvgIpc) is 2.56. The van der Waals surface area contributed by atoms with Gasteiger partial charge in [-0.05, 0) is 49.9 Å². The third kappa shape index (κ3) is 3.06. The maximum absolute atomic E-state index is 13.9. The number of nitrogens with one attached hydrogen (secondary N) is 1. The van der Waals surface area contributed by atoms with Crippen molar-refractivity contribution in [2.75, 3.05) is 13.6 Å². The van der Waals surface area contributed by atoms with Crippen LogP contribution in [0.15, 0.2) is 24.3 Å². The molecule has 0 aromatic heterocycles. The Morgan fingerprint density at radius 3 is 2.71 bits per heavy atom. The first-order chi connectivity index (χ1) is 8.33. The van der Waals surface area contributed by atoms with E-state index in [0.29, 0.717) is 11.8 Å². The predicted molar refractivity (Wildman–Crippen MR) is 69.6 cm³/mol. The van der Waals surface area contributed by atoms with E-state index in [0.717, 1.165) is 18.5 Å². The fraction of sp³-hybridized carbons (Fsp3) is 0.600. The van der Waals surface area contributed by atoms with Crippen molar-refractivity contribution < 1.29 is 4.39 Å². The summed E-state index contributed by atoms with van der Waals surface area (Å²) in [5.41, 5.74) is 0.926. The normalized spacial score (nSPS) is 25.5. The summed E-state index contributed by atoms with van der Waals surface area (Å²) in [4.78, 5) is 0. The minimum atomic E-state index is -0.0273. The molecular weight excluding hydrogens is 213 g/mol. The van der Waals surface area contributed by atoms with Crippen molar-refractivity contribution in [2.24, 2.45) is 5.92 Å². The van der Waals surface area contributed by atoms with Crippen molar-refractivity contribution in [1.82, 2.24) is 5.32 Å². The Balaban J connectivity index is 2.22. The largest absolute Gasteiger partial charge is 0.319 e. The molecule has 1 fully saturated rings. The number of hydrogen-bond acceptors (Lipinski definition) is 1. The summed E-state index contributed by atoms with van der Waals surface area (Å²) in [7, 11) is 1.99. The predicted octanol–water partition coefficient (Wildman–Crippen LogP) is 3.71. The molecule has 1 aromatic carbocycles. The Morgan fingerprint density at radius 1 is 1.18 bits per heavy atom. The van der Waals surface area contributed by atoms with Crippen LogP contribution in [0.4, 0.5) is 4.39 Å². The smallest absolute Gasteiger partial charge is 0.126 e. The van der Waals surface area contributed by atoms with Crippen LogP contribution in [0.3, 0.4) is 0 Å². The lowest BCUT2D eigenvalue weighted by Gasteiger charge is -2.25. The van der Waals surface area contributed by atoms with Gasteiger partial charge in [-0.3, -0.25) is 0 Å². The summed E-state index contributed by atoms with van der Waals surface area (Å²) < 4.78 is 13.9. The molecule has 0 bridgehead atoms. The molecule has 0 aliphatic heterocycles. The van der Waals surface area contributed by atoms with Gasteiger partial charge in [-0.15, -0.1) is 0 Å². The van der Waals surface area contributed by atoms with Crippen molar-refractivity contribution in [3.8, 4) is 0 Å². The lowest BCUT2D eigenvalue weighted by atomic mass is 9.82. The van der Waals surface area contributed by atoms with Crippen molar-refractivity contribution in [1.29, 1.82) is 0 Å². The van der Waals surface area contributed by atoms with E-state index in [-0.39, 0.29) is 5.82 Å². The number of benzene rings is 1. The van der Waals surface area contributed by atoms with Crippen molar-refractivity contribution in [3.63, 3.8) is 0 Å². The zero-order valence-electron chi connectivity index (χ0n) is 10.6. The highest BCUT2D eigenvalue weighted by Crippen LogP contribution is 2.37. The van der Waals surface area contributed by atoms with Crippen LogP contribution in [0, 0.1) is 11.7 Å². The lowest BCUT2D eigenvalue weighted by molar-refractivity contribution is 0.376. The summed E-state index contributed by atoms with van der Waals surface area (Å²) in [5, 5.41) is 3.26. The van der Waals surface area contributed by atoms with E-state index in [1.54, 1.807) is 12.1 Å². The van der Waals surface area contributed by atoms with Gasteiger partial charge in [0.05, 0.1) is 0 Å². The molecular formula is C15H22FN. The van der Waals surface area contributed by atoms with Gasteiger partial charge >= 0.3 is 0 Å². The Hall–Kier alpha value is -0.890. The van der Waals surface area contributed by atoms with Crippen molar-refractivity contribution in [2.45, 2.75) is 38.0 Å². The van der Waals surface area contributed by atoms with E-state index in [1.165, 1.54) is 25.7 Å². The zero-order valence-corrected chi connectivity index (χ0v) is 10.6. The van der Waals surface area contributed by atoms with Crippen molar-refractivity contribution >= 4 is 0 Å². The van der Waals surface area contributed by atoms with Gasteiger partial charge in [0, 0.05) is 0 Å². The van der Waals surface area contributed by atoms with E-state index in [2.05, 4.69) is 5.32 Å². The van der Waals surface area contributed by atoms with E-state index >= 15 is 0 Å². The van der Waals surface area contributed by atoms with E-state index in [1.807, 2.05) is 19.2 Å². The van der Waals surface area contributed by atoms with Crippen LogP contribution in [0.1, 0.15) is 43.6 Å². The van der Waals surface area contributed by atoms with Gasteiger partial charge in [-0.1, -0.05) is 37.5 Å². The minimum absolute atomic E-state index is 0.0273. The lowest BCUT2D eigenvalue weighted by Crippen LogP contribution is -2.24. The van der Waals surface area contributed by atoms with Gasteiger partial charge in [0.1, 0.15) is 5.82 Å². The fourth-order valence-corrected chi connectivity index (χ4v) is 3.08. The minimum Gasteiger partial charge on any atom is -0.319 e. The maximum Gasteiger partial charge on any atom is 0.126 e. The Bertz CT molecular complexity index is 351. The average molecular weight is 235 g/mol. The molecule has 2 atom stereocenters. The standard InChI is InChI=1S/C15H22FN/c1-17-11-12-7-3-2-4-8-13(12)14-9-5-6-10-15(14)16/h5-6,9-10,12-13,17H,2-4,7-8,11H2,1H3. The second-order valence-electron chi connectivity index (χ2n) is 5.08. The van der Waals surface area contributed by atoms with Gasteiger partial charge in [0.25, 0.3) is 0 Å². The molecule has 0 heterocycles. The monoisotopic (exact) mass is 235 g/mol. The van der Waals surface area contributed by atoms with Crippen LogP contribution < -0.4 is 5.32 Å². The quantitative estimate of drug-likeness (QED) is 0.788. The Kier molecular flexibility index (Phi) is 4.55. The van der Waals surface area contributed by atoms with Gasteiger partial charge in [-0.25, -0.2) is 4.39 Å². The molecule has 1 aliphatic rings. The second kappa shape index (κ2) is 6.15. The van der Waals surface area contributed by atoms with Crippen LogP contribution in [-0.2, 0) is 0 Å². The fourth-order valence-electron chi connectivity index (χ4n) is 3.08. The van der Waals surface area contributed by atoms with Crippen LogP contribution in [0.25, 0.3) is 0 Å². The molecule has 1 N–H and O–H groups in total. The first kappa shape index (κ1) is 12.6. The van der Waals surface area contributed by atoms with Gasteiger partial charge < -0.3 is 5.32 Å². The number of halogens is 1. The molecule has 0 radical (unpaired) electrons. The van der Waals surface area contributed by atoms with E-state index in [9.17, 15) is 4.39 Å². The Morgan fingerprint density at radius 2 is 1.94 bits per heavy atom. The molecule has 2 unspecified atom stereocenters. The molecule has 94 valence electrons. The third-order valence-electron chi connectivity index (χ3n) is 3.93. The highest BCUT2D eigenvalue weighted by molar-refractivity contribution is 5.22. The van der Waals surface area contributed by atoms with Crippen LogP contribution in [0.2, 0.25) is 0 Å². The first-order valence-electron chi connectivity index (χ1n) is 6.72. The molecule has 1 aliphatic carbocycles. The van der Waals surface area contributed by atoms with Gasteiger partial charge in [0.2, 0.25) is 0 Å². The molecule has 2 rings (SSSR count).